The van der Waals surface area contributed by atoms with Crippen LogP contribution in [-0.2, 0) is 10.0 Å². The molecule has 6 nitrogen and oxygen atoms in total. The van der Waals surface area contributed by atoms with E-state index in [0.717, 1.165) is 37.9 Å². The monoisotopic (exact) mass is 313 g/mol. The highest BCUT2D eigenvalue weighted by Crippen LogP contribution is 2.32. The maximum atomic E-state index is 11.7. The number of hydrogen-bond donors (Lipinski definition) is 3. The molecule has 1 aliphatic heterocycles. The van der Waals surface area contributed by atoms with Crippen LogP contribution in [0.25, 0.3) is 0 Å². The average molecular weight is 313 g/mol. The third-order valence-corrected chi connectivity index (χ3v) is 5.10. The standard InChI is InChI=1S/C14H23N3O3S/c1-10-13(7-11(15)8-14(10)21(16,19)20)17-6-4-2-3-5-12(17)9-18/h7-8,12,18H,2-6,9,15H2,1H3,(H2,16,19,20). The molecular formula is C14H23N3O3S. The zero-order chi connectivity index (χ0) is 15.6. The van der Waals surface area contributed by atoms with Crippen LogP contribution in [0, 0.1) is 6.92 Å². The average Bonchev–Trinajstić information content (AvgIpc) is 2.64. The van der Waals surface area contributed by atoms with Gasteiger partial charge in [0.2, 0.25) is 10.0 Å². The molecule has 1 aromatic rings. The second kappa shape index (κ2) is 6.21. The molecule has 1 saturated heterocycles. The van der Waals surface area contributed by atoms with Crippen LogP contribution in [0.3, 0.4) is 0 Å². The summed E-state index contributed by atoms with van der Waals surface area (Å²) in [5.74, 6) is 0. The van der Waals surface area contributed by atoms with Crippen LogP contribution in [0.1, 0.15) is 31.2 Å². The van der Waals surface area contributed by atoms with Gasteiger partial charge >= 0.3 is 0 Å². The molecular weight excluding hydrogens is 290 g/mol. The molecule has 0 radical (unpaired) electrons. The topological polar surface area (TPSA) is 110 Å². The molecule has 7 heteroatoms. The van der Waals surface area contributed by atoms with E-state index < -0.39 is 10.0 Å². The first-order chi connectivity index (χ1) is 9.84. The van der Waals surface area contributed by atoms with Crippen LogP contribution < -0.4 is 15.8 Å². The summed E-state index contributed by atoms with van der Waals surface area (Å²) in [6.45, 7) is 2.55. The second-order valence-corrected chi connectivity index (χ2v) is 7.12. The minimum absolute atomic E-state index is 0.0127. The molecule has 1 fully saturated rings. The number of anilines is 2. The summed E-state index contributed by atoms with van der Waals surface area (Å²) in [5, 5.41) is 14.9. The Hall–Kier alpha value is -1.31. The van der Waals surface area contributed by atoms with Crippen molar-refractivity contribution in [3.05, 3.63) is 17.7 Å². The first-order valence-corrected chi connectivity index (χ1v) is 8.69. The van der Waals surface area contributed by atoms with Gasteiger partial charge in [-0.2, -0.15) is 0 Å². The Morgan fingerprint density at radius 2 is 2.05 bits per heavy atom. The highest BCUT2D eigenvalue weighted by atomic mass is 32.2. The Balaban J connectivity index is 2.54. The van der Waals surface area contributed by atoms with E-state index >= 15 is 0 Å². The zero-order valence-electron chi connectivity index (χ0n) is 12.2. The van der Waals surface area contributed by atoms with E-state index in [4.69, 9.17) is 10.9 Å². The van der Waals surface area contributed by atoms with Crippen LogP contribution in [0.4, 0.5) is 11.4 Å². The van der Waals surface area contributed by atoms with E-state index in [1.54, 1.807) is 13.0 Å². The van der Waals surface area contributed by atoms with Gasteiger partial charge in [-0.15, -0.1) is 0 Å². The number of rotatable bonds is 3. The molecule has 1 aliphatic rings. The van der Waals surface area contributed by atoms with Crippen molar-refractivity contribution >= 4 is 21.4 Å². The van der Waals surface area contributed by atoms with Gasteiger partial charge in [0.1, 0.15) is 0 Å². The molecule has 0 bridgehead atoms. The Morgan fingerprint density at radius 3 is 2.67 bits per heavy atom. The molecule has 1 atom stereocenters. The Labute approximate surface area is 125 Å². The highest BCUT2D eigenvalue weighted by Gasteiger charge is 2.25. The zero-order valence-corrected chi connectivity index (χ0v) is 13.1. The SMILES string of the molecule is Cc1c(N2CCCCCC2CO)cc(N)cc1S(N)(=O)=O. The minimum Gasteiger partial charge on any atom is -0.399 e. The molecule has 1 aromatic carbocycles. The van der Waals surface area contributed by atoms with Crippen LogP contribution in [0.5, 0.6) is 0 Å². The summed E-state index contributed by atoms with van der Waals surface area (Å²) >= 11 is 0. The van der Waals surface area contributed by atoms with Crippen LogP contribution in [0.2, 0.25) is 0 Å². The Morgan fingerprint density at radius 1 is 1.33 bits per heavy atom. The summed E-state index contributed by atoms with van der Waals surface area (Å²) in [5.41, 5.74) is 7.55. The van der Waals surface area contributed by atoms with Gasteiger partial charge in [0.15, 0.2) is 0 Å². The van der Waals surface area contributed by atoms with E-state index in [2.05, 4.69) is 4.90 Å². The fourth-order valence-electron chi connectivity index (χ4n) is 2.97. The van der Waals surface area contributed by atoms with Crippen LogP contribution in [-0.4, -0.2) is 32.7 Å². The number of nitrogens with zero attached hydrogens (tertiary/aromatic N) is 1. The molecule has 0 aliphatic carbocycles. The molecule has 0 saturated carbocycles. The van der Waals surface area contributed by atoms with Crippen molar-refractivity contribution < 1.29 is 13.5 Å². The van der Waals surface area contributed by atoms with Crippen LogP contribution >= 0.6 is 0 Å². The van der Waals surface area contributed by atoms with Gasteiger partial charge < -0.3 is 15.7 Å². The maximum absolute atomic E-state index is 11.7. The van der Waals surface area contributed by atoms with E-state index in [-0.39, 0.29) is 17.5 Å². The van der Waals surface area contributed by atoms with E-state index in [1.807, 2.05) is 0 Å². The van der Waals surface area contributed by atoms with Crippen molar-refractivity contribution in [2.24, 2.45) is 5.14 Å². The highest BCUT2D eigenvalue weighted by molar-refractivity contribution is 7.89. The normalized spacial score (nSPS) is 20.3. The van der Waals surface area contributed by atoms with Gasteiger partial charge in [0, 0.05) is 17.9 Å². The first-order valence-electron chi connectivity index (χ1n) is 7.15. The number of aliphatic hydroxyl groups is 1. The van der Waals surface area contributed by atoms with E-state index in [9.17, 15) is 13.5 Å². The van der Waals surface area contributed by atoms with Crippen LogP contribution in [0.15, 0.2) is 17.0 Å². The lowest BCUT2D eigenvalue weighted by molar-refractivity contribution is 0.255. The fourth-order valence-corrected chi connectivity index (χ4v) is 3.80. The van der Waals surface area contributed by atoms with Crippen molar-refractivity contribution in [2.45, 2.75) is 43.5 Å². The number of primary sulfonamides is 1. The van der Waals surface area contributed by atoms with Crippen molar-refractivity contribution in [1.82, 2.24) is 0 Å². The van der Waals surface area contributed by atoms with Crippen molar-refractivity contribution in [1.29, 1.82) is 0 Å². The van der Waals surface area contributed by atoms with Gasteiger partial charge in [-0.3, -0.25) is 0 Å². The lowest BCUT2D eigenvalue weighted by Crippen LogP contribution is -2.38. The quantitative estimate of drug-likeness (QED) is 0.720. The smallest absolute Gasteiger partial charge is 0.238 e. The molecule has 1 unspecified atom stereocenters. The van der Waals surface area contributed by atoms with Gasteiger partial charge in [0.05, 0.1) is 17.5 Å². The summed E-state index contributed by atoms with van der Waals surface area (Å²) in [7, 11) is -3.82. The number of nitrogens with two attached hydrogens (primary N) is 2. The van der Waals surface area contributed by atoms with Gasteiger partial charge in [-0.05, 0) is 37.5 Å². The Bertz CT molecular complexity index is 616. The number of sulfonamides is 1. The third kappa shape index (κ3) is 3.48. The summed E-state index contributed by atoms with van der Waals surface area (Å²) in [6, 6.07) is 3.14. The molecule has 2 rings (SSSR count). The summed E-state index contributed by atoms with van der Waals surface area (Å²) in [4.78, 5) is 2.12. The second-order valence-electron chi connectivity index (χ2n) is 5.59. The summed E-state index contributed by atoms with van der Waals surface area (Å²) in [6.07, 6.45) is 4.06. The lowest BCUT2D eigenvalue weighted by atomic mass is 10.1. The number of hydrogen-bond acceptors (Lipinski definition) is 5. The van der Waals surface area contributed by atoms with Gasteiger partial charge in [-0.25, -0.2) is 13.6 Å². The fraction of sp³-hybridized carbons (Fsp3) is 0.571. The van der Waals surface area contributed by atoms with E-state index in [0.29, 0.717) is 11.3 Å². The number of nitrogen functional groups attached to an aromatic ring is 1. The van der Waals surface area contributed by atoms with E-state index in [1.165, 1.54) is 6.07 Å². The molecule has 1 heterocycles. The van der Waals surface area contributed by atoms with Crippen molar-refractivity contribution in [2.75, 3.05) is 23.8 Å². The molecule has 0 spiro atoms. The number of benzene rings is 1. The minimum atomic E-state index is -3.82. The molecule has 0 aromatic heterocycles. The predicted octanol–water partition coefficient (Wildman–Crippen LogP) is 0.966. The maximum Gasteiger partial charge on any atom is 0.238 e. The van der Waals surface area contributed by atoms with Crippen molar-refractivity contribution in [3.8, 4) is 0 Å². The predicted molar refractivity (Wildman–Crippen MR) is 83.7 cm³/mol. The summed E-state index contributed by atoms with van der Waals surface area (Å²) < 4.78 is 23.4. The molecule has 5 N–H and O–H groups in total. The van der Waals surface area contributed by atoms with Crippen molar-refractivity contribution in [3.63, 3.8) is 0 Å². The first kappa shape index (κ1) is 16.1. The molecule has 21 heavy (non-hydrogen) atoms. The molecule has 0 amide bonds. The molecule has 118 valence electrons. The Kier molecular flexibility index (Phi) is 4.75. The largest absolute Gasteiger partial charge is 0.399 e. The third-order valence-electron chi connectivity index (χ3n) is 4.06. The van der Waals surface area contributed by atoms with Gasteiger partial charge in [-0.1, -0.05) is 12.8 Å². The lowest BCUT2D eigenvalue weighted by Gasteiger charge is -2.32. The number of aliphatic hydroxyl groups excluding tert-OH is 1. The van der Waals surface area contributed by atoms with Gasteiger partial charge in [0.25, 0.3) is 0 Å².